The smallest absolute Gasteiger partial charge is 0.220 e. The van der Waals surface area contributed by atoms with Crippen LogP contribution in [-0.4, -0.2) is 19.0 Å². The summed E-state index contributed by atoms with van der Waals surface area (Å²) < 4.78 is 5.73. The molecule has 28 heavy (non-hydrogen) atoms. The van der Waals surface area contributed by atoms with E-state index in [0.717, 1.165) is 31.7 Å². The Morgan fingerprint density at radius 2 is 1.79 bits per heavy atom. The second-order valence-electron chi connectivity index (χ2n) is 7.46. The third-order valence-electron chi connectivity index (χ3n) is 5.62. The number of benzene rings is 2. The molecule has 0 aliphatic carbocycles. The molecule has 3 aromatic rings. The Morgan fingerprint density at radius 3 is 2.57 bits per heavy atom. The lowest BCUT2D eigenvalue weighted by Crippen LogP contribution is -3.12. The Morgan fingerprint density at radius 1 is 1.00 bits per heavy atom. The van der Waals surface area contributed by atoms with Crippen molar-refractivity contribution >= 4 is 5.91 Å². The maximum atomic E-state index is 12.4. The highest BCUT2D eigenvalue weighted by Gasteiger charge is 2.30. The number of hydrogen-bond acceptors (Lipinski definition) is 2. The second kappa shape index (κ2) is 8.89. The molecule has 0 fully saturated rings. The topological polar surface area (TPSA) is 46.7 Å². The van der Waals surface area contributed by atoms with Crippen LogP contribution in [0.1, 0.15) is 34.9 Å². The number of rotatable bonds is 7. The summed E-state index contributed by atoms with van der Waals surface area (Å²) in [6, 6.07) is 22.9. The monoisotopic (exact) mass is 375 g/mol. The van der Waals surface area contributed by atoms with Gasteiger partial charge in [-0.1, -0.05) is 54.6 Å². The minimum atomic E-state index is 0.0946. The van der Waals surface area contributed by atoms with E-state index in [-0.39, 0.29) is 11.9 Å². The van der Waals surface area contributed by atoms with E-state index in [1.165, 1.54) is 21.6 Å². The number of hydrogen-bond donors (Lipinski definition) is 2. The summed E-state index contributed by atoms with van der Waals surface area (Å²) in [7, 11) is 0. The lowest BCUT2D eigenvalue weighted by Gasteiger charge is -2.31. The van der Waals surface area contributed by atoms with Crippen molar-refractivity contribution in [3.63, 3.8) is 0 Å². The molecule has 0 saturated heterocycles. The zero-order valence-electron chi connectivity index (χ0n) is 16.1. The molecule has 1 aliphatic heterocycles. The Balaban J connectivity index is 1.38. The number of aryl methyl sites for hydroxylation is 1. The SMILES string of the molecule is O=C(CCc1ccccc1)NC[C@@H](c1ccco1)[NH+]1CCc2ccccc2C1. The predicted molar refractivity (Wildman–Crippen MR) is 109 cm³/mol. The molecule has 4 heteroatoms. The van der Waals surface area contributed by atoms with Gasteiger partial charge in [-0.05, 0) is 29.7 Å². The van der Waals surface area contributed by atoms with Crippen LogP contribution in [0.5, 0.6) is 0 Å². The Hall–Kier alpha value is -2.85. The first kappa shape index (κ1) is 18.5. The summed E-state index contributed by atoms with van der Waals surface area (Å²) in [6.07, 6.45) is 4.05. The van der Waals surface area contributed by atoms with Gasteiger partial charge in [0.2, 0.25) is 5.91 Å². The van der Waals surface area contributed by atoms with Crippen LogP contribution >= 0.6 is 0 Å². The van der Waals surface area contributed by atoms with Crippen LogP contribution in [-0.2, 0) is 24.2 Å². The first-order valence-corrected chi connectivity index (χ1v) is 10.0. The Labute approximate surface area is 166 Å². The Kier molecular flexibility index (Phi) is 5.88. The second-order valence-corrected chi connectivity index (χ2v) is 7.46. The van der Waals surface area contributed by atoms with E-state index < -0.39 is 0 Å². The van der Waals surface area contributed by atoms with Crippen molar-refractivity contribution in [2.75, 3.05) is 13.1 Å². The van der Waals surface area contributed by atoms with Crippen molar-refractivity contribution in [1.82, 2.24) is 5.32 Å². The zero-order valence-corrected chi connectivity index (χ0v) is 16.1. The van der Waals surface area contributed by atoms with Crippen LogP contribution in [0.25, 0.3) is 0 Å². The normalized spacial score (nSPS) is 16.9. The molecule has 4 rings (SSSR count). The van der Waals surface area contributed by atoms with Crippen molar-refractivity contribution in [3.05, 3.63) is 95.4 Å². The fraction of sp³-hybridized carbons (Fsp3) is 0.292. The zero-order chi connectivity index (χ0) is 19.2. The molecule has 1 aliphatic rings. The van der Waals surface area contributed by atoms with Crippen LogP contribution in [0.2, 0.25) is 0 Å². The number of fused-ring (bicyclic) bond motifs is 1. The molecule has 2 atom stereocenters. The molecule has 144 valence electrons. The molecule has 2 heterocycles. The van der Waals surface area contributed by atoms with Gasteiger partial charge >= 0.3 is 0 Å². The van der Waals surface area contributed by atoms with E-state index in [4.69, 9.17) is 4.42 Å². The molecule has 1 unspecified atom stereocenters. The van der Waals surface area contributed by atoms with Gasteiger partial charge in [0.15, 0.2) is 11.8 Å². The van der Waals surface area contributed by atoms with Crippen LogP contribution in [0.15, 0.2) is 77.4 Å². The Bertz CT molecular complexity index is 890. The summed E-state index contributed by atoms with van der Waals surface area (Å²) in [5.41, 5.74) is 4.03. The van der Waals surface area contributed by atoms with Gasteiger partial charge in [0, 0.05) is 18.4 Å². The predicted octanol–water partition coefficient (Wildman–Crippen LogP) is 2.71. The first-order chi connectivity index (χ1) is 13.8. The lowest BCUT2D eigenvalue weighted by atomic mass is 9.98. The quantitative estimate of drug-likeness (QED) is 0.667. The van der Waals surface area contributed by atoms with Crippen LogP contribution in [0.3, 0.4) is 0 Å². The average molecular weight is 375 g/mol. The minimum Gasteiger partial charge on any atom is -0.463 e. The molecule has 0 bridgehead atoms. The summed E-state index contributed by atoms with van der Waals surface area (Å²) in [6.45, 7) is 2.60. The molecule has 2 aromatic carbocycles. The standard InChI is InChI=1S/C24H26N2O2/c27-24(13-12-19-7-2-1-3-8-19)25-17-22(23-11-6-16-28-23)26-15-14-20-9-4-5-10-21(20)18-26/h1-11,16,22H,12-15,17-18H2,(H,25,27)/p+1/t22-/m0/s1. The fourth-order valence-electron chi connectivity index (χ4n) is 4.04. The van der Waals surface area contributed by atoms with E-state index in [1.54, 1.807) is 6.26 Å². The summed E-state index contributed by atoms with van der Waals surface area (Å²) >= 11 is 0. The summed E-state index contributed by atoms with van der Waals surface area (Å²) in [4.78, 5) is 13.9. The van der Waals surface area contributed by atoms with Gasteiger partial charge in [0.05, 0.1) is 19.4 Å². The van der Waals surface area contributed by atoms with Crippen LogP contribution in [0.4, 0.5) is 0 Å². The molecule has 2 N–H and O–H groups in total. The van der Waals surface area contributed by atoms with Gasteiger partial charge in [-0.2, -0.15) is 0 Å². The summed E-state index contributed by atoms with van der Waals surface area (Å²) in [5, 5.41) is 3.14. The third kappa shape index (κ3) is 4.52. The molecule has 4 nitrogen and oxygen atoms in total. The number of amides is 1. The van der Waals surface area contributed by atoms with Crippen molar-refractivity contribution in [2.24, 2.45) is 0 Å². The van der Waals surface area contributed by atoms with E-state index in [9.17, 15) is 4.79 Å². The number of quaternary nitrogens is 1. The number of furan rings is 1. The maximum Gasteiger partial charge on any atom is 0.220 e. The molecule has 0 spiro atoms. The van der Waals surface area contributed by atoms with Crippen molar-refractivity contribution < 1.29 is 14.1 Å². The van der Waals surface area contributed by atoms with Crippen molar-refractivity contribution in [3.8, 4) is 0 Å². The van der Waals surface area contributed by atoms with E-state index in [1.807, 2.05) is 30.3 Å². The van der Waals surface area contributed by atoms with Gasteiger partial charge in [-0.15, -0.1) is 0 Å². The fourth-order valence-corrected chi connectivity index (χ4v) is 4.04. The first-order valence-electron chi connectivity index (χ1n) is 10.0. The third-order valence-corrected chi connectivity index (χ3v) is 5.62. The minimum absolute atomic E-state index is 0.0946. The van der Waals surface area contributed by atoms with Crippen molar-refractivity contribution in [1.29, 1.82) is 0 Å². The molecule has 0 saturated carbocycles. The molecule has 1 amide bonds. The van der Waals surface area contributed by atoms with E-state index in [2.05, 4.69) is 41.7 Å². The van der Waals surface area contributed by atoms with Crippen LogP contribution < -0.4 is 10.2 Å². The summed E-state index contributed by atoms with van der Waals surface area (Å²) in [5.74, 6) is 1.04. The molecular formula is C24H27N2O2+. The van der Waals surface area contributed by atoms with Gasteiger partial charge in [0.25, 0.3) is 0 Å². The molecule has 0 radical (unpaired) electrons. The molecule has 1 aromatic heterocycles. The van der Waals surface area contributed by atoms with E-state index >= 15 is 0 Å². The van der Waals surface area contributed by atoms with Gasteiger partial charge < -0.3 is 14.6 Å². The molecular weight excluding hydrogens is 348 g/mol. The van der Waals surface area contributed by atoms with Crippen molar-refractivity contribution in [2.45, 2.75) is 31.8 Å². The number of carbonyl (C=O) groups is 1. The average Bonchev–Trinajstić information content (AvgIpc) is 3.27. The maximum absolute atomic E-state index is 12.4. The van der Waals surface area contributed by atoms with Gasteiger partial charge in [-0.3, -0.25) is 4.79 Å². The number of carbonyl (C=O) groups excluding carboxylic acids is 1. The van der Waals surface area contributed by atoms with Gasteiger partial charge in [0.1, 0.15) is 6.54 Å². The van der Waals surface area contributed by atoms with Crippen LogP contribution in [0, 0.1) is 0 Å². The highest BCUT2D eigenvalue weighted by atomic mass is 16.3. The highest BCUT2D eigenvalue weighted by molar-refractivity contribution is 5.76. The largest absolute Gasteiger partial charge is 0.463 e. The van der Waals surface area contributed by atoms with Gasteiger partial charge in [-0.25, -0.2) is 0 Å². The highest BCUT2D eigenvalue weighted by Crippen LogP contribution is 2.15. The lowest BCUT2D eigenvalue weighted by molar-refractivity contribution is -0.946. The number of nitrogens with one attached hydrogen (secondary N) is 2. The van der Waals surface area contributed by atoms with E-state index in [0.29, 0.717) is 13.0 Å².